The Labute approximate surface area is 270 Å². The molecule has 1 aliphatic carbocycles. The van der Waals surface area contributed by atoms with Crippen LogP contribution in [0.15, 0.2) is 48.7 Å². The minimum absolute atomic E-state index is 0.197. The molecule has 2 atom stereocenters. The van der Waals surface area contributed by atoms with Crippen LogP contribution in [0, 0.1) is 12.3 Å². The molecular weight excluding hydrogens is 615 g/mol. The van der Waals surface area contributed by atoms with Gasteiger partial charge in [-0.3, -0.25) is 14.7 Å². The monoisotopic (exact) mass is 653 g/mol. The molecule has 0 amide bonds. The number of carboxylic acid groups (broad SMARTS) is 2. The van der Waals surface area contributed by atoms with E-state index in [1.165, 1.54) is 11.1 Å². The predicted octanol–water partition coefficient (Wildman–Crippen LogP) is 6.21. The number of ether oxygens (including phenoxy) is 1. The molecule has 0 bridgehead atoms. The molecule has 13 heteroatoms. The number of carboxylic acids is 2. The quantitative estimate of drug-likeness (QED) is 0.258. The van der Waals surface area contributed by atoms with Gasteiger partial charge in [-0.2, -0.15) is 13.2 Å². The summed E-state index contributed by atoms with van der Waals surface area (Å²) in [5, 5.41) is 26.1. The van der Waals surface area contributed by atoms with Crippen molar-refractivity contribution in [3.05, 3.63) is 82.2 Å². The molecule has 4 aromatic rings. The van der Waals surface area contributed by atoms with Crippen LogP contribution >= 0.6 is 0 Å². The minimum atomic E-state index is -5.08. The van der Waals surface area contributed by atoms with Crippen molar-refractivity contribution in [1.82, 2.24) is 24.9 Å². The number of aliphatic carboxylic acids is 2. The van der Waals surface area contributed by atoms with Crippen LogP contribution in [-0.2, 0) is 29.6 Å². The van der Waals surface area contributed by atoms with Gasteiger partial charge in [-0.05, 0) is 93.5 Å². The smallest absolute Gasteiger partial charge is 0.485 e. The summed E-state index contributed by atoms with van der Waals surface area (Å²) in [6.45, 7) is 11.4. The standard InChI is InChI=1S/C32H37N5O3.C2HF3O2/c1-19-22(12-14-26-29(19)34-35-36(26)6)28(32(4,5)30(38)39)21-10-9-20-11-13-25(23(20)16-21)37-17-24-27(8-7-15-33-24)40-31(2,3)18-37;3-2(4,5)1(6)7/h7-10,12,14-16,25,28H,11,13,17-18H2,1-6H3,(H,38,39);(H,6,7)/t25-,28+;/m0./s1. The zero-order valence-corrected chi connectivity index (χ0v) is 27.1. The van der Waals surface area contributed by atoms with E-state index in [4.69, 9.17) is 14.6 Å². The number of nitrogens with zero attached hydrogens (tertiary/aromatic N) is 5. The van der Waals surface area contributed by atoms with Gasteiger partial charge in [0.25, 0.3) is 0 Å². The summed E-state index contributed by atoms with van der Waals surface area (Å²) in [6, 6.07) is 14.8. The molecule has 0 saturated carbocycles. The van der Waals surface area contributed by atoms with Crippen LogP contribution in [-0.4, -0.2) is 65.4 Å². The number of alkyl halides is 3. The average Bonchev–Trinajstić information content (AvgIpc) is 3.54. The number of benzene rings is 2. The van der Waals surface area contributed by atoms with E-state index < -0.39 is 23.5 Å². The number of halogens is 3. The molecule has 0 fully saturated rings. The van der Waals surface area contributed by atoms with Crippen LogP contribution in [0.2, 0.25) is 0 Å². The van der Waals surface area contributed by atoms with E-state index >= 15 is 0 Å². The van der Waals surface area contributed by atoms with E-state index in [2.05, 4.69) is 58.3 Å². The van der Waals surface area contributed by atoms with E-state index in [0.717, 1.165) is 58.6 Å². The lowest BCUT2D eigenvalue weighted by Crippen LogP contribution is -2.41. The number of hydrogen-bond donors (Lipinski definition) is 2. The van der Waals surface area contributed by atoms with Crippen molar-refractivity contribution in [2.24, 2.45) is 12.5 Å². The molecular formula is C34H38F3N5O5. The van der Waals surface area contributed by atoms with Crippen molar-refractivity contribution in [2.75, 3.05) is 6.54 Å². The first kappa shape index (κ1) is 33.8. The van der Waals surface area contributed by atoms with E-state index in [9.17, 15) is 23.1 Å². The molecule has 10 nitrogen and oxygen atoms in total. The maximum Gasteiger partial charge on any atom is 0.490 e. The maximum atomic E-state index is 12.7. The molecule has 2 aliphatic rings. The maximum absolute atomic E-state index is 12.7. The van der Waals surface area contributed by atoms with Crippen LogP contribution in [0.25, 0.3) is 11.0 Å². The van der Waals surface area contributed by atoms with Gasteiger partial charge in [0.1, 0.15) is 16.9 Å². The van der Waals surface area contributed by atoms with Gasteiger partial charge in [0.2, 0.25) is 0 Å². The first-order valence-electron chi connectivity index (χ1n) is 15.2. The third-order valence-electron chi connectivity index (χ3n) is 9.07. The molecule has 1 aliphatic heterocycles. The van der Waals surface area contributed by atoms with Gasteiger partial charge < -0.3 is 14.9 Å². The fourth-order valence-electron chi connectivity index (χ4n) is 6.75. The zero-order chi connectivity index (χ0) is 34.5. The molecule has 47 heavy (non-hydrogen) atoms. The second-order valence-corrected chi connectivity index (χ2v) is 13.4. The number of carbonyl (C=O) groups is 2. The Balaban J connectivity index is 0.000000559. The highest BCUT2D eigenvalue weighted by Gasteiger charge is 2.42. The minimum Gasteiger partial charge on any atom is -0.485 e. The molecule has 0 radical (unpaired) electrons. The number of rotatable bonds is 5. The highest BCUT2D eigenvalue weighted by Crippen LogP contribution is 2.47. The van der Waals surface area contributed by atoms with Gasteiger partial charge in [-0.25, -0.2) is 9.48 Å². The lowest BCUT2D eigenvalue weighted by atomic mass is 9.69. The topological polar surface area (TPSA) is 131 Å². The Hall–Kier alpha value is -4.52. The number of aromatic nitrogens is 4. The van der Waals surface area contributed by atoms with Gasteiger partial charge in [0.05, 0.1) is 16.6 Å². The molecule has 250 valence electrons. The molecule has 3 heterocycles. The van der Waals surface area contributed by atoms with Crippen molar-refractivity contribution in [2.45, 2.75) is 77.7 Å². The highest BCUT2D eigenvalue weighted by molar-refractivity contribution is 5.82. The third kappa shape index (κ3) is 6.67. The second-order valence-electron chi connectivity index (χ2n) is 13.4. The summed E-state index contributed by atoms with van der Waals surface area (Å²) in [6.07, 6.45) is -1.26. The number of pyridine rings is 1. The third-order valence-corrected chi connectivity index (χ3v) is 9.07. The van der Waals surface area contributed by atoms with E-state index in [1.807, 2.05) is 52.2 Å². The summed E-state index contributed by atoms with van der Waals surface area (Å²) >= 11 is 0. The summed E-state index contributed by atoms with van der Waals surface area (Å²) in [5.74, 6) is -3.11. The Morgan fingerprint density at radius 3 is 2.45 bits per heavy atom. The largest absolute Gasteiger partial charge is 0.490 e. The van der Waals surface area contributed by atoms with E-state index in [-0.39, 0.29) is 17.6 Å². The fourth-order valence-corrected chi connectivity index (χ4v) is 6.75. The lowest BCUT2D eigenvalue weighted by molar-refractivity contribution is -0.192. The summed E-state index contributed by atoms with van der Waals surface area (Å²) in [7, 11) is 1.87. The van der Waals surface area contributed by atoms with Crippen molar-refractivity contribution >= 4 is 23.0 Å². The van der Waals surface area contributed by atoms with Crippen LogP contribution in [0.3, 0.4) is 0 Å². The number of hydrogen-bond acceptors (Lipinski definition) is 7. The van der Waals surface area contributed by atoms with Crippen LogP contribution in [0.5, 0.6) is 5.75 Å². The fraction of sp³-hybridized carbons (Fsp3) is 0.441. The Morgan fingerprint density at radius 1 is 1.09 bits per heavy atom. The Kier molecular flexibility index (Phi) is 8.82. The van der Waals surface area contributed by atoms with Gasteiger partial charge in [-0.15, -0.1) is 5.10 Å². The first-order valence-corrected chi connectivity index (χ1v) is 15.2. The zero-order valence-electron chi connectivity index (χ0n) is 27.1. The lowest BCUT2D eigenvalue weighted by Gasteiger charge is -2.35. The van der Waals surface area contributed by atoms with Gasteiger partial charge in [0, 0.05) is 38.3 Å². The second kappa shape index (κ2) is 12.3. The van der Waals surface area contributed by atoms with Crippen molar-refractivity contribution in [3.63, 3.8) is 0 Å². The van der Waals surface area contributed by atoms with Crippen LogP contribution in [0.1, 0.15) is 79.6 Å². The molecule has 0 spiro atoms. The van der Waals surface area contributed by atoms with Gasteiger partial charge in [-0.1, -0.05) is 29.5 Å². The van der Waals surface area contributed by atoms with Gasteiger partial charge >= 0.3 is 18.1 Å². The molecule has 0 unspecified atom stereocenters. The molecule has 2 N–H and O–H groups in total. The normalized spacial score (nSPS) is 18.3. The summed E-state index contributed by atoms with van der Waals surface area (Å²) < 4.78 is 39.9. The highest BCUT2D eigenvalue weighted by atomic mass is 19.4. The van der Waals surface area contributed by atoms with Crippen molar-refractivity contribution in [1.29, 1.82) is 0 Å². The predicted molar refractivity (Wildman–Crippen MR) is 167 cm³/mol. The van der Waals surface area contributed by atoms with Crippen LogP contribution in [0.4, 0.5) is 13.2 Å². The van der Waals surface area contributed by atoms with E-state index in [1.54, 1.807) is 4.68 Å². The first-order chi connectivity index (χ1) is 21.9. The van der Waals surface area contributed by atoms with Crippen molar-refractivity contribution < 1.29 is 37.7 Å². The number of fused-ring (bicyclic) bond motifs is 3. The van der Waals surface area contributed by atoms with Gasteiger partial charge in [0.15, 0.2) is 0 Å². The van der Waals surface area contributed by atoms with E-state index in [0.29, 0.717) is 6.54 Å². The SMILES string of the molecule is Cc1c([C@@H](c2ccc3c(c2)[C@@H](N2Cc4ncccc4OC(C)(C)C2)CC3)C(C)(C)C(=O)O)ccc2c1nnn2C.O=C(O)C(F)(F)F. The Bertz CT molecular complexity index is 1830. The molecule has 0 saturated heterocycles. The Morgan fingerprint density at radius 2 is 1.79 bits per heavy atom. The van der Waals surface area contributed by atoms with Crippen molar-refractivity contribution in [3.8, 4) is 5.75 Å². The molecule has 2 aromatic carbocycles. The molecule has 2 aromatic heterocycles. The summed E-state index contributed by atoms with van der Waals surface area (Å²) in [5.41, 5.74) is 6.82. The summed E-state index contributed by atoms with van der Waals surface area (Å²) in [4.78, 5) is 28.7. The molecule has 6 rings (SSSR count). The average molecular weight is 654 g/mol. The number of aryl methyl sites for hydroxylation is 3. The van der Waals surface area contributed by atoms with Crippen LogP contribution < -0.4 is 4.74 Å².